The number of rotatable bonds is 6. The average molecular weight is 279 g/mol. The van der Waals surface area contributed by atoms with E-state index in [0.717, 1.165) is 0 Å². The van der Waals surface area contributed by atoms with E-state index in [9.17, 15) is 4.79 Å². The van der Waals surface area contributed by atoms with Crippen molar-refractivity contribution in [2.75, 3.05) is 13.6 Å². The summed E-state index contributed by atoms with van der Waals surface area (Å²) in [6.45, 7) is 4.24. The fraction of sp³-hybridized carbons (Fsp3) is 0.429. The molecule has 0 spiro atoms. The van der Waals surface area contributed by atoms with Crippen molar-refractivity contribution in [3.05, 3.63) is 29.8 Å². The lowest BCUT2D eigenvalue weighted by molar-refractivity contribution is 0.0797. The Balaban J connectivity index is 2.71. The Morgan fingerprint density at radius 1 is 1.50 bits per heavy atom. The van der Waals surface area contributed by atoms with Gasteiger partial charge in [-0.25, -0.2) is 0 Å². The summed E-state index contributed by atoms with van der Waals surface area (Å²) in [5.41, 5.74) is 5.93. The minimum absolute atomic E-state index is 0.0543. The van der Waals surface area contributed by atoms with E-state index in [1.165, 1.54) is 4.90 Å². The number of benzene rings is 1. The highest BCUT2D eigenvalue weighted by molar-refractivity contribution is 5.94. The maximum absolute atomic E-state index is 12.2. The molecule has 0 fully saturated rings. The van der Waals surface area contributed by atoms with Gasteiger partial charge in [0.2, 0.25) is 0 Å². The molecule has 1 aromatic carbocycles. The predicted molar refractivity (Wildman–Crippen MR) is 77.2 cm³/mol. The number of nitrogens with zero attached hydrogens (tertiary/aromatic N) is 2. The van der Waals surface area contributed by atoms with E-state index in [-0.39, 0.29) is 17.8 Å². The van der Waals surface area contributed by atoms with Gasteiger partial charge in [0.1, 0.15) is 11.6 Å². The molecule has 0 aliphatic heterocycles. The summed E-state index contributed by atoms with van der Waals surface area (Å²) in [6, 6.07) is 7.04. The van der Waals surface area contributed by atoms with Crippen LogP contribution in [0.1, 0.15) is 30.6 Å². The van der Waals surface area contributed by atoms with Crippen LogP contribution in [0.25, 0.3) is 0 Å². The zero-order chi connectivity index (χ0) is 15.1. The molecule has 110 valence electrons. The molecule has 0 heterocycles. The Morgan fingerprint density at radius 3 is 2.80 bits per heavy atom. The molecule has 0 saturated heterocycles. The summed E-state index contributed by atoms with van der Waals surface area (Å²) in [6.07, 6.45) is 0.375. The lowest BCUT2D eigenvalue weighted by Crippen LogP contribution is -2.30. The van der Waals surface area contributed by atoms with Crippen molar-refractivity contribution < 1.29 is 14.7 Å². The molecule has 0 aromatic heterocycles. The first-order chi connectivity index (χ1) is 9.43. The van der Waals surface area contributed by atoms with Crippen LogP contribution in [0, 0.1) is 0 Å². The summed E-state index contributed by atoms with van der Waals surface area (Å²) < 4.78 is 5.56. The van der Waals surface area contributed by atoms with Crippen molar-refractivity contribution in [3.8, 4) is 5.75 Å². The van der Waals surface area contributed by atoms with Crippen LogP contribution in [0.5, 0.6) is 5.75 Å². The van der Waals surface area contributed by atoms with E-state index < -0.39 is 0 Å². The largest absolute Gasteiger partial charge is 0.491 e. The van der Waals surface area contributed by atoms with E-state index in [1.807, 2.05) is 19.9 Å². The number of amidine groups is 1. The summed E-state index contributed by atoms with van der Waals surface area (Å²) in [7, 11) is 1.67. The van der Waals surface area contributed by atoms with Crippen LogP contribution in [-0.2, 0) is 0 Å². The zero-order valence-electron chi connectivity index (χ0n) is 12.0. The van der Waals surface area contributed by atoms with Gasteiger partial charge in [-0.15, -0.1) is 0 Å². The van der Waals surface area contributed by atoms with Crippen molar-refractivity contribution in [3.63, 3.8) is 0 Å². The smallest absolute Gasteiger partial charge is 0.253 e. The van der Waals surface area contributed by atoms with Crippen molar-refractivity contribution in [1.29, 1.82) is 0 Å². The van der Waals surface area contributed by atoms with Gasteiger partial charge in [0.05, 0.1) is 6.10 Å². The molecule has 0 saturated carbocycles. The molecule has 0 bridgehead atoms. The number of carbonyl (C=O) groups is 1. The Labute approximate surface area is 118 Å². The van der Waals surface area contributed by atoms with Crippen LogP contribution in [-0.4, -0.2) is 41.5 Å². The molecule has 0 unspecified atom stereocenters. The van der Waals surface area contributed by atoms with E-state index in [2.05, 4.69) is 5.16 Å². The maximum atomic E-state index is 12.2. The lowest BCUT2D eigenvalue weighted by Gasteiger charge is -2.17. The van der Waals surface area contributed by atoms with Crippen molar-refractivity contribution >= 4 is 11.7 Å². The molecular weight excluding hydrogens is 258 g/mol. The van der Waals surface area contributed by atoms with Gasteiger partial charge in [-0.1, -0.05) is 11.2 Å². The van der Waals surface area contributed by atoms with Gasteiger partial charge in [0, 0.05) is 25.6 Å². The third kappa shape index (κ3) is 4.79. The summed E-state index contributed by atoms with van der Waals surface area (Å²) >= 11 is 0. The molecule has 1 aromatic rings. The second kappa shape index (κ2) is 7.37. The fourth-order valence-electron chi connectivity index (χ4n) is 1.63. The molecule has 0 atom stereocenters. The molecule has 6 nitrogen and oxygen atoms in total. The third-order valence-electron chi connectivity index (χ3n) is 2.63. The van der Waals surface area contributed by atoms with Crippen LogP contribution in [0.4, 0.5) is 0 Å². The fourth-order valence-corrected chi connectivity index (χ4v) is 1.63. The first kappa shape index (κ1) is 15.8. The van der Waals surface area contributed by atoms with Gasteiger partial charge < -0.3 is 20.6 Å². The molecular formula is C14H21N3O3. The van der Waals surface area contributed by atoms with Gasteiger partial charge in [0.25, 0.3) is 5.91 Å². The van der Waals surface area contributed by atoms with E-state index in [0.29, 0.717) is 24.3 Å². The van der Waals surface area contributed by atoms with E-state index in [1.54, 1.807) is 25.2 Å². The molecule has 6 heteroatoms. The highest BCUT2D eigenvalue weighted by Crippen LogP contribution is 2.16. The number of nitrogens with two attached hydrogens (primary N) is 1. The maximum Gasteiger partial charge on any atom is 0.253 e. The predicted octanol–water partition coefficient (Wildman–Crippen LogP) is 1.68. The SMILES string of the molecule is CC(C)Oc1cccc(C(=O)N(C)CCC(N)=NO)c1. The zero-order valence-corrected chi connectivity index (χ0v) is 12.0. The highest BCUT2D eigenvalue weighted by Gasteiger charge is 2.13. The van der Waals surface area contributed by atoms with Crippen LogP contribution in [0.2, 0.25) is 0 Å². The number of hydrogen-bond acceptors (Lipinski definition) is 4. The van der Waals surface area contributed by atoms with Crippen molar-refractivity contribution in [1.82, 2.24) is 4.90 Å². The van der Waals surface area contributed by atoms with Gasteiger partial charge in [-0.3, -0.25) is 4.79 Å². The number of carbonyl (C=O) groups excluding carboxylic acids is 1. The molecule has 1 rings (SSSR count). The summed E-state index contributed by atoms with van der Waals surface area (Å²) in [4.78, 5) is 13.7. The standard InChI is InChI=1S/C14H21N3O3/c1-10(2)20-12-6-4-5-11(9-12)14(18)17(3)8-7-13(15)16-19/h4-6,9-10,19H,7-8H2,1-3H3,(H2,15,16). The molecule has 3 N–H and O–H groups in total. The number of amides is 1. The van der Waals surface area contributed by atoms with Crippen LogP contribution < -0.4 is 10.5 Å². The quantitative estimate of drug-likeness (QED) is 0.359. The Hall–Kier alpha value is -2.24. The molecule has 20 heavy (non-hydrogen) atoms. The van der Waals surface area contributed by atoms with Gasteiger partial charge in [-0.05, 0) is 32.0 Å². The van der Waals surface area contributed by atoms with Crippen molar-refractivity contribution in [2.24, 2.45) is 10.9 Å². The van der Waals surface area contributed by atoms with Gasteiger partial charge in [-0.2, -0.15) is 0 Å². The Kier molecular flexibility index (Phi) is 5.83. The van der Waals surface area contributed by atoms with Crippen molar-refractivity contribution in [2.45, 2.75) is 26.4 Å². The first-order valence-corrected chi connectivity index (χ1v) is 6.42. The molecule has 0 radical (unpaired) electrons. The first-order valence-electron chi connectivity index (χ1n) is 6.42. The normalized spacial score (nSPS) is 11.5. The van der Waals surface area contributed by atoms with Crippen LogP contribution in [0.15, 0.2) is 29.4 Å². The monoisotopic (exact) mass is 279 g/mol. The second-order valence-electron chi connectivity index (χ2n) is 4.76. The lowest BCUT2D eigenvalue weighted by atomic mass is 10.2. The number of ether oxygens (including phenoxy) is 1. The number of oxime groups is 1. The third-order valence-corrected chi connectivity index (χ3v) is 2.63. The second-order valence-corrected chi connectivity index (χ2v) is 4.76. The molecule has 0 aliphatic carbocycles. The summed E-state index contributed by atoms with van der Waals surface area (Å²) in [5, 5.41) is 11.3. The molecule has 1 amide bonds. The average Bonchev–Trinajstić information content (AvgIpc) is 2.43. The van der Waals surface area contributed by atoms with Crippen LogP contribution >= 0.6 is 0 Å². The highest BCUT2D eigenvalue weighted by atomic mass is 16.5. The topological polar surface area (TPSA) is 88.2 Å². The van der Waals surface area contributed by atoms with Gasteiger partial charge >= 0.3 is 0 Å². The Morgan fingerprint density at radius 2 is 2.20 bits per heavy atom. The minimum atomic E-state index is -0.134. The van der Waals surface area contributed by atoms with Gasteiger partial charge in [0.15, 0.2) is 0 Å². The van der Waals surface area contributed by atoms with E-state index >= 15 is 0 Å². The molecule has 0 aliphatic rings. The number of hydrogen-bond donors (Lipinski definition) is 2. The van der Waals surface area contributed by atoms with Crippen LogP contribution in [0.3, 0.4) is 0 Å². The minimum Gasteiger partial charge on any atom is -0.491 e. The summed E-state index contributed by atoms with van der Waals surface area (Å²) in [5.74, 6) is 0.627. The van der Waals surface area contributed by atoms with E-state index in [4.69, 9.17) is 15.7 Å². The Bertz CT molecular complexity index is 486.